The number of rotatable bonds is 3. The Kier molecular flexibility index (Phi) is 3.97. The summed E-state index contributed by atoms with van der Waals surface area (Å²) < 4.78 is 10.8. The van der Waals surface area contributed by atoms with Crippen LogP contribution >= 0.6 is 11.6 Å². The van der Waals surface area contributed by atoms with Gasteiger partial charge in [0.25, 0.3) is 0 Å². The molecule has 0 aliphatic carbocycles. The average Bonchev–Trinajstić information content (AvgIpc) is 3.05. The molecule has 0 atom stereocenters. The zero-order valence-corrected chi connectivity index (χ0v) is 13.5. The van der Waals surface area contributed by atoms with E-state index in [1.165, 1.54) is 0 Å². The zero-order valence-electron chi connectivity index (χ0n) is 12.7. The fourth-order valence-electron chi connectivity index (χ4n) is 3.05. The molecule has 0 unspecified atom stereocenters. The highest BCUT2D eigenvalue weighted by Crippen LogP contribution is 2.40. The van der Waals surface area contributed by atoms with Crippen LogP contribution in [0.25, 0.3) is 0 Å². The van der Waals surface area contributed by atoms with Crippen molar-refractivity contribution in [1.29, 1.82) is 0 Å². The summed E-state index contributed by atoms with van der Waals surface area (Å²) in [5, 5.41) is 0.627. The Morgan fingerprint density at radius 1 is 1.09 bits per heavy atom. The van der Waals surface area contributed by atoms with Gasteiger partial charge in [0.15, 0.2) is 11.5 Å². The molecule has 0 N–H and O–H groups in total. The van der Waals surface area contributed by atoms with E-state index in [1.807, 2.05) is 30.5 Å². The molecular formula is C17H18ClN3O2. The first-order chi connectivity index (χ1) is 11.3. The minimum Gasteiger partial charge on any atom is -0.454 e. The summed E-state index contributed by atoms with van der Waals surface area (Å²) in [6, 6.07) is 10.0. The number of hydrogen-bond acceptors (Lipinski definition) is 5. The molecule has 0 spiro atoms. The second-order valence-corrected chi connectivity index (χ2v) is 6.17. The Hall–Kier alpha value is -1.98. The number of piperazine rings is 1. The third kappa shape index (κ3) is 3.07. The lowest BCUT2D eigenvalue weighted by Crippen LogP contribution is -2.46. The summed E-state index contributed by atoms with van der Waals surface area (Å²) in [4.78, 5) is 9.17. The van der Waals surface area contributed by atoms with Crippen molar-refractivity contribution >= 4 is 17.4 Å². The minimum atomic E-state index is 0.251. The lowest BCUT2D eigenvalue weighted by atomic mass is 10.1. The topological polar surface area (TPSA) is 37.8 Å². The van der Waals surface area contributed by atoms with Gasteiger partial charge in [-0.2, -0.15) is 0 Å². The van der Waals surface area contributed by atoms with Gasteiger partial charge in [-0.05, 0) is 29.8 Å². The molecule has 1 fully saturated rings. The number of aromatic nitrogens is 1. The Morgan fingerprint density at radius 2 is 1.96 bits per heavy atom. The first kappa shape index (κ1) is 14.6. The number of halogens is 1. The van der Waals surface area contributed by atoms with Crippen molar-refractivity contribution in [3.05, 3.63) is 47.1 Å². The third-order valence-corrected chi connectivity index (χ3v) is 4.52. The first-order valence-electron chi connectivity index (χ1n) is 7.76. The normalized spacial score (nSPS) is 17.5. The van der Waals surface area contributed by atoms with Crippen LogP contribution in [-0.4, -0.2) is 42.9 Å². The fraction of sp³-hybridized carbons (Fsp3) is 0.353. The molecular weight excluding hydrogens is 314 g/mol. The summed E-state index contributed by atoms with van der Waals surface area (Å²) in [7, 11) is 0. The highest BCUT2D eigenvalue weighted by molar-refractivity contribution is 6.32. The van der Waals surface area contributed by atoms with E-state index in [4.69, 9.17) is 21.1 Å². The molecule has 1 aromatic heterocycles. The van der Waals surface area contributed by atoms with Crippen LogP contribution in [-0.2, 0) is 6.54 Å². The summed E-state index contributed by atoms with van der Waals surface area (Å²) in [5.41, 5.74) is 1.16. The van der Waals surface area contributed by atoms with Crippen molar-refractivity contribution in [3.8, 4) is 11.5 Å². The van der Waals surface area contributed by atoms with E-state index >= 15 is 0 Å². The van der Waals surface area contributed by atoms with Crippen LogP contribution in [0.1, 0.15) is 5.56 Å². The summed E-state index contributed by atoms with van der Waals surface area (Å²) in [5.74, 6) is 2.47. The number of anilines is 1. The summed E-state index contributed by atoms with van der Waals surface area (Å²) in [6.07, 6.45) is 1.84. The van der Waals surface area contributed by atoms with Crippen LogP contribution < -0.4 is 14.4 Å². The minimum absolute atomic E-state index is 0.251. The van der Waals surface area contributed by atoms with E-state index in [-0.39, 0.29) is 6.79 Å². The summed E-state index contributed by atoms with van der Waals surface area (Å²) >= 11 is 6.26. The van der Waals surface area contributed by atoms with Crippen LogP contribution in [0.4, 0.5) is 5.82 Å². The lowest BCUT2D eigenvalue weighted by molar-refractivity contribution is 0.174. The van der Waals surface area contributed by atoms with Crippen LogP contribution in [0.3, 0.4) is 0 Å². The molecule has 0 amide bonds. The number of ether oxygens (including phenoxy) is 2. The number of fused-ring (bicyclic) bond motifs is 1. The molecule has 0 saturated carbocycles. The highest BCUT2D eigenvalue weighted by atomic mass is 35.5. The van der Waals surface area contributed by atoms with Crippen LogP contribution in [0.2, 0.25) is 5.02 Å². The van der Waals surface area contributed by atoms with Gasteiger partial charge in [0.2, 0.25) is 6.79 Å². The molecule has 2 aliphatic heterocycles. The monoisotopic (exact) mass is 331 g/mol. The Bertz CT molecular complexity index is 688. The zero-order chi connectivity index (χ0) is 15.6. The SMILES string of the molecule is Clc1cc(CN2CCN(c3ccccn3)CC2)cc2c1OCO2. The van der Waals surface area contributed by atoms with Gasteiger partial charge in [-0.15, -0.1) is 0 Å². The maximum Gasteiger partial charge on any atom is 0.231 e. The van der Waals surface area contributed by atoms with Gasteiger partial charge in [0.1, 0.15) is 5.82 Å². The Morgan fingerprint density at radius 3 is 2.74 bits per heavy atom. The van der Waals surface area contributed by atoms with Crippen molar-refractivity contribution in [2.75, 3.05) is 37.9 Å². The van der Waals surface area contributed by atoms with E-state index in [9.17, 15) is 0 Å². The van der Waals surface area contributed by atoms with Gasteiger partial charge in [0, 0.05) is 38.9 Å². The average molecular weight is 332 g/mol. The maximum absolute atomic E-state index is 6.26. The van der Waals surface area contributed by atoms with E-state index in [1.54, 1.807) is 0 Å². The molecule has 1 aromatic carbocycles. The molecule has 6 heteroatoms. The van der Waals surface area contributed by atoms with E-state index in [0.29, 0.717) is 10.8 Å². The molecule has 5 nitrogen and oxygen atoms in total. The lowest BCUT2D eigenvalue weighted by Gasteiger charge is -2.35. The summed E-state index contributed by atoms with van der Waals surface area (Å²) in [6.45, 7) is 5.09. The van der Waals surface area contributed by atoms with Gasteiger partial charge in [-0.25, -0.2) is 4.98 Å². The van der Waals surface area contributed by atoms with E-state index in [2.05, 4.69) is 20.9 Å². The third-order valence-electron chi connectivity index (χ3n) is 4.24. The first-order valence-corrected chi connectivity index (χ1v) is 8.14. The maximum atomic E-state index is 6.26. The predicted molar refractivity (Wildman–Crippen MR) is 89.3 cm³/mol. The van der Waals surface area contributed by atoms with Gasteiger partial charge in [0.05, 0.1) is 5.02 Å². The van der Waals surface area contributed by atoms with Crippen molar-refractivity contribution < 1.29 is 9.47 Å². The number of benzene rings is 1. The second kappa shape index (κ2) is 6.26. The van der Waals surface area contributed by atoms with E-state index in [0.717, 1.165) is 49.9 Å². The second-order valence-electron chi connectivity index (χ2n) is 5.76. The quantitative estimate of drug-likeness (QED) is 0.864. The molecule has 120 valence electrons. The largest absolute Gasteiger partial charge is 0.454 e. The van der Waals surface area contributed by atoms with Crippen LogP contribution in [0.5, 0.6) is 11.5 Å². The van der Waals surface area contributed by atoms with E-state index < -0.39 is 0 Å². The molecule has 23 heavy (non-hydrogen) atoms. The Balaban J connectivity index is 1.39. The highest BCUT2D eigenvalue weighted by Gasteiger charge is 2.21. The molecule has 1 saturated heterocycles. The molecule has 0 radical (unpaired) electrons. The predicted octanol–water partition coefficient (Wildman–Crippen LogP) is 2.79. The van der Waals surface area contributed by atoms with Gasteiger partial charge in [-0.3, -0.25) is 4.90 Å². The fourth-order valence-corrected chi connectivity index (χ4v) is 3.33. The number of pyridine rings is 1. The molecule has 2 aliphatic rings. The van der Waals surface area contributed by atoms with Crippen molar-refractivity contribution in [2.24, 2.45) is 0 Å². The van der Waals surface area contributed by atoms with Crippen molar-refractivity contribution in [1.82, 2.24) is 9.88 Å². The standard InChI is InChI=1S/C17H18ClN3O2/c18-14-9-13(10-15-17(14)23-12-22-15)11-20-5-7-21(8-6-20)16-3-1-2-4-19-16/h1-4,9-10H,5-8,11-12H2. The number of hydrogen-bond donors (Lipinski definition) is 0. The number of nitrogens with zero attached hydrogens (tertiary/aromatic N) is 3. The molecule has 0 bridgehead atoms. The molecule has 4 rings (SSSR count). The molecule has 3 heterocycles. The Labute approximate surface area is 140 Å². The van der Waals surface area contributed by atoms with Crippen LogP contribution in [0.15, 0.2) is 36.5 Å². The van der Waals surface area contributed by atoms with Crippen molar-refractivity contribution in [2.45, 2.75) is 6.54 Å². The van der Waals surface area contributed by atoms with Gasteiger partial charge in [-0.1, -0.05) is 17.7 Å². The van der Waals surface area contributed by atoms with Crippen molar-refractivity contribution in [3.63, 3.8) is 0 Å². The van der Waals surface area contributed by atoms with Gasteiger partial charge >= 0.3 is 0 Å². The van der Waals surface area contributed by atoms with Gasteiger partial charge < -0.3 is 14.4 Å². The van der Waals surface area contributed by atoms with Crippen LogP contribution in [0, 0.1) is 0 Å². The smallest absolute Gasteiger partial charge is 0.231 e. The molecule has 2 aromatic rings.